The van der Waals surface area contributed by atoms with Crippen LogP contribution in [0.1, 0.15) is 44.1 Å². The molecule has 21 heavy (non-hydrogen) atoms. The number of nitrogens with one attached hydrogen (secondary N) is 2. The molecule has 0 amide bonds. The van der Waals surface area contributed by atoms with Crippen molar-refractivity contribution in [2.24, 2.45) is 11.3 Å². The van der Waals surface area contributed by atoms with E-state index in [2.05, 4.69) is 10.6 Å². The van der Waals surface area contributed by atoms with Crippen molar-refractivity contribution in [2.75, 3.05) is 0 Å². The smallest absolute Gasteiger partial charge is 0.167 e. The first-order valence-electron chi connectivity index (χ1n) is 7.92. The highest BCUT2D eigenvalue weighted by molar-refractivity contribution is 7.80. The second-order valence-electron chi connectivity index (χ2n) is 7.10. The van der Waals surface area contributed by atoms with Crippen molar-refractivity contribution in [1.29, 1.82) is 0 Å². The topological polar surface area (TPSA) is 24.1 Å². The van der Waals surface area contributed by atoms with Crippen molar-refractivity contribution in [3.63, 3.8) is 0 Å². The molecule has 2 N–H and O–H groups in total. The molecule has 0 aromatic heterocycles. The number of fused-ring (bicyclic) bond motifs is 1. The molecule has 0 aliphatic heterocycles. The highest BCUT2D eigenvalue weighted by atomic mass is 35.5. The Labute approximate surface area is 136 Å². The second-order valence-corrected chi connectivity index (χ2v) is 7.92. The summed E-state index contributed by atoms with van der Waals surface area (Å²) < 4.78 is 0. The molecular weight excluding hydrogens is 300 g/mol. The van der Waals surface area contributed by atoms with Gasteiger partial charge in [0, 0.05) is 17.1 Å². The molecule has 3 saturated carbocycles. The Kier molecular flexibility index (Phi) is 3.20. The van der Waals surface area contributed by atoms with Gasteiger partial charge in [-0.2, -0.15) is 0 Å². The number of hydrogen-bond acceptors (Lipinski definition) is 1. The predicted octanol–water partition coefficient (Wildman–Crippen LogP) is 4.03. The van der Waals surface area contributed by atoms with Gasteiger partial charge in [-0.1, -0.05) is 42.6 Å². The van der Waals surface area contributed by atoms with Crippen LogP contribution in [0.25, 0.3) is 0 Å². The zero-order valence-corrected chi connectivity index (χ0v) is 13.7. The minimum atomic E-state index is 0.318. The van der Waals surface area contributed by atoms with Gasteiger partial charge in [-0.25, -0.2) is 0 Å². The van der Waals surface area contributed by atoms with Crippen molar-refractivity contribution < 1.29 is 0 Å². The monoisotopic (exact) mass is 320 g/mol. The van der Waals surface area contributed by atoms with Crippen molar-refractivity contribution in [3.05, 3.63) is 34.9 Å². The molecule has 0 heterocycles. The summed E-state index contributed by atoms with van der Waals surface area (Å²) in [5, 5.41) is 8.58. The first-order chi connectivity index (χ1) is 10.1. The Bertz CT molecular complexity index is 590. The Morgan fingerprint density at radius 2 is 2.19 bits per heavy atom. The average Bonchev–Trinajstić information content (AvgIpc) is 2.95. The summed E-state index contributed by atoms with van der Waals surface area (Å²) in [7, 11) is 0. The molecule has 3 aliphatic rings. The first-order valence-corrected chi connectivity index (χ1v) is 8.71. The maximum absolute atomic E-state index is 6.18. The summed E-state index contributed by atoms with van der Waals surface area (Å²) >= 11 is 11.7. The van der Waals surface area contributed by atoms with Crippen LogP contribution in [0.2, 0.25) is 5.02 Å². The fourth-order valence-electron chi connectivity index (χ4n) is 4.88. The minimum absolute atomic E-state index is 0.318. The van der Waals surface area contributed by atoms with E-state index in [1.807, 2.05) is 24.3 Å². The summed E-state index contributed by atoms with van der Waals surface area (Å²) in [4.78, 5) is 0. The largest absolute Gasteiger partial charge is 0.359 e. The van der Waals surface area contributed by atoms with Crippen LogP contribution in [0.15, 0.2) is 24.3 Å². The van der Waals surface area contributed by atoms with Gasteiger partial charge in [0.05, 0.1) is 0 Å². The lowest BCUT2D eigenvalue weighted by molar-refractivity contribution is 0.297. The fourth-order valence-corrected chi connectivity index (χ4v) is 5.35. The van der Waals surface area contributed by atoms with Crippen LogP contribution < -0.4 is 10.6 Å². The van der Waals surface area contributed by atoms with Crippen LogP contribution in [-0.2, 0) is 6.54 Å². The van der Waals surface area contributed by atoms with Gasteiger partial charge in [-0.05, 0) is 60.9 Å². The van der Waals surface area contributed by atoms with E-state index in [-0.39, 0.29) is 0 Å². The Morgan fingerprint density at radius 1 is 1.33 bits per heavy atom. The number of rotatable bonds is 3. The van der Waals surface area contributed by atoms with Crippen LogP contribution in [0.5, 0.6) is 0 Å². The molecule has 0 saturated heterocycles. The second kappa shape index (κ2) is 4.85. The maximum atomic E-state index is 6.18. The van der Waals surface area contributed by atoms with E-state index in [4.69, 9.17) is 23.8 Å². The number of hydrogen-bond donors (Lipinski definition) is 2. The summed E-state index contributed by atoms with van der Waals surface area (Å²) in [6.07, 6.45) is 8.29. The molecule has 3 fully saturated rings. The molecule has 2 nitrogen and oxygen atoms in total. The molecule has 4 heteroatoms. The van der Waals surface area contributed by atoms with Crippen LogP contribution in [0.3, 0.4) is 0 Å². The van der Waals surface area contributed by atoms with Gasteiger partial charge in [-0.15, -0.1) is 0 Å². The average molecular weight is 321 g/mol. The highest BCUT2D eigenvalue weighted by Crippen LogP contribution is 2.73. The quantitative estimate of drug-likeness (QED) is 0.822. The molecule has 0 radical (unpaired) electrons. The van der Waals surface area contributed by atoms with Gasteiger partial charge >= 0.3 is 0 Å². The molecule has 1 spiro atoms. The summed E-state index contributed by atoms with van der Waals surface area (Å²) in [6, 6.07) is 7.92. The van der Waals surface area contributed by atoms with E-state index in [1.165, 1.54) is 38.5 Å². The zero-order valence-electron chi connectivity index (χ0n) is 12.1. The third-order valence-corrected chi connectivity index (χ3v) is 6.48. The van der Waals surface area contributed by atoms with E-state index in [9.17, 15) is 0 Å². The van der Waals surface area contributed by atoms with Crippen LogP contribution in [0.4, 0.5) is 0 Å². The van der Waals surface area contributed by atoms with E-state index in [0.717, 1.165) is 21.6 Å². The van der Waals surface area contributed by atoms with E-state index in [1.54, 1.807) is 0 Å². The molecule has 112 valence electrons. The fraction of sp³-hybridized carbons (Fsp3) is 0.588. The number of benzene rings is 1. The lowest BCUT2D eigenvalue weighted by Crippen LogP contribution is -2.44. The molecule has 1 aromatic carbocycles. The molecule has 3 atom stereocenters. The van der Waals surface area contributed by atoms with Crippen molar-refractivity contribution >= 4 is 28.9 Å². The van der Waals surface area contributed by atoms with Gasteiger partial charge in [-0.3, -0.25) is 0 Å². The van der Waals surface area contributed by atoms with Crippen LogP contribution in [0, 0.1) is 11.3 Å². The molecule has 1 aromatic rings. The van der Waals surface area contributed by atoms with Crippen molar-refractivity contribution in [3.8, 4) is 0 Å². The Balaban J connectivity index is 1.36. The Hall–Kier alpha value is -0.800. The highest BCUT2D eigenvalue weighted by Gasteiger charge is 2.72. The third kappa shape index (κ3) is 2.25. The van der Waals surface area contributed by atoms with E-state index >= 15 is 0 Å². The summed E-state index contributed by atoms with van der Waals surface area (Å²) in [6.45, 7) is 0.692. The van der Waals surface area contributed by atoms with Crippen LogP contribution in [-0.4, -0.2) is 10.7 Å². The minimum Gasteiger partial charge on any atom is -0.359 e. The predicted molar refractivity (Wildman–Crippen MR) is 90.4 cm³/mol. The van der Waals surface area contributed by atoms with Gasteiger partial charge in [0.1, 0.15) is 0 Å². The summed E-state index contributed by atoms with van der Waals surface area (Å²) in [5.74, 6) is 0.936. The summed E-state index contributed by atoms with van der Waals surface area (Å²) in [5.41, 5.74) is 1.99. The first kappa shape index (κ1) is 13.8. The molecular formula is C17H21ClN2S. The molecule has 4 rings (SSSR count). The van der Waals surface area contributed by atoms with Crippen LogP contribution >= 0.6 is 23.8 Å². The zero-order chi connectivity index (χ0) is 14.5. The van der Waals surface area contributed by atoms with E-state index < -0.39 is 0 Å². The number of halogens is 1. The molecule has 3 unspecified atom stereocenters. The van der Waals surface area contributed by atoms with Gasteiger partial charge < -0.3 is 10.6 Å². The normalized spacial score (nSPS) is 36.0. The number of thiocarbonyl (C=S) groups is 1. The van der Waals surface area contributed by atoms with Crippen molar-refractivity contribution in [2.45, 2.75) is 50.6 Å². The van der Waals surface area contributed by atoms with Gasteiger partial charge in [0.2, 0.25) is 0 Å². The van der Waals surface area contributed by atoms with Crippen molar-refractivity contribution in [1.82, 2.24) is 10.6 Å². The van der Waals surface area contributed by atoms with Gasteiger partial charge in [0.15, 0.2) is 5.11 Å². The maximum Gasteiger partial charge on any atom is 0.167 e. The molecule has 2 bridgehead atoms. The Morgan fingerprint density at radius 3 is 3.00 bits per heavy atom. The third-order valence-electron chi connectivity index (χ3n) is 5.86. The SMILES string of the molecule is S=C(NCc1ccccc1Cl)NC12CC3CCCC1(C3)C2. The lowest BCUT2D eigenvalue weighted by atomic mass is 9.83. The lowest BCUT2D eigenvalue weighted by Gasteiger charge is -2.22. The van der Waals surface area contributed by atoms with E-state index in [0.29, 0.717) is 17.5 Å². The molecule has 3 aliphatic carbocycles. The standard InChI is InChI=1S/C17H21ClN2S/c18-14-6-2-1-5-13(14)10-19-15(21)20-17-9-12-4-3-7-16(17,8-12)11-17/h1-2,5-6,12H,3-4,7-11H2,(H2,19,20,21). The van der Waals surface area contributed by atoms with Gasteiger partial charge in [0.25, 0.3) is 0 Å².